The molecule has 1 atom stereocenters. The first-order valence-corrected chi connectivity index (χ1v) is 5.94. The van der Waals surface area contributed by atoms with Crippen molar-refractivity contribution in [3.05, 3.63) is 33.9 Å². The van der Waals surface area contributed by atoms with Crippen molar-refractivity contribution in [2.75, 3.05) is 5.32 Å². The molecule has 0 bridgehead atoms. The van der Waals surface area contributed by atoms with E-state index in [9.17, 15) is 14.9 Å². The summed E-state index contributed by atoms with van der Waals surface area (Å²) in [7, 11) is 0. The van der Waals surface area contributed by atoms with Crippen LogP contribution >= 0.6 is 0 Å². The molecule has 6 heteroatoms. The van der Waals surface area contributed by atoms with E-state index in [4.69, 9.17) is 5.73 Å². The first kappa shape index (κ1) is 15.1. The zero-order valence-corrected chi connectivity index (χ0v) is 11.6. The fourth-order valence-corrected chi connectivity index (χ4v) is 1.51. The van der Waals surface area contributed by atoms with Crippen LogP contribution in [0.3, 0.4) is 0 Å². The van der Waals surface area contributed by atoms with Gasteiger partial charge in [-0.25, -0.2) is 0 Å². The zero-order chi connectivity index (χ0) is 14.8. The molecule has 3 N–H and O–H groups in total. The van der Waals surface area contributed by atoms with E-state index in [1.54, 1.807) is 19.1 Å². The van der Waals surface area contributed by atoms with Crippen molar-refractivity contribution in [2.45, 2.75) is 33.7 Å². The number of nitrogens with one attached hydrogen (secondary N) is 1. The minimum absolute atomic E-state index is 0.139. The Bertz CT molecular complexity index is 506. The summed E-state index contributed by atoms with van der Waals surface area (Å²) < 4.78 is 0. The number of nitrogens with two attached hydrogens (primary N) is 1. The number of benzene rings is 1. The van der Waals surface area contributed by atoms with Gasteiger partial charge in [-0.3, -0.25) is 14.9 Å². The Balaban J connectivity index is 3.02. The molecular formula is C13H19N3O3. The number of hydrogen-bond acceptors (Lipinski definition) is 4. The third-order valence-corrected chi connectivity index (χ3v) is 2.82. The lowest BCUT2D eigenvalue weighted by Gasteiger charge is -2.25. The molecule has 1 rings (SSSR count). The number of amides is 1. The number of nitrogens with zero attached hydrogens (tertiary/aromatic N) is 1. The number of nitro benzene ring substituents is 1. The van der Waals surface area contributed by atoms with E-state index in [0.29, 0.717) is 0 Å². The van der Waals surface area contributed by atoms with Crippen LogP contribution in [0.25, 0.3) is 0 Å². The van der Waals surface area contributed by atoms with Gasteiger partial charge in [0.2, 0.25) is 5.91 Å². The average Bonchev–Trinajstić information content (AvgIpc) is 2.26. The fourth-order valence-electron chi connectivity index (χ4n) is 1.51. The Labute approximate surface area is 112 Å². The number of carbonyl (C=O) groups excluding carboxylic acids is 1. The van der Waals surface area contributed by atoms with Crippen LogP contribution in [0.2, 0.25) is 0 Å². The lowest BCUT2D eigenvalue weighted by atomic mass is 9.87. The molecule has 0 saturated carbocycles. The van der Waals surface area contributed by atoms with Gasteiger partial charge in [0, 0.05) is 6.07 Å². The van der Waals surface area contributed by atoms with E-state index < -0.39 is 22.3 Å². The first-order chi connectivity index (χ1) is 8.62. The van der Waals surface area contributed by atoms with Crippen LogP contribution < -0.4 is 11.1 Å². The number of rotatable bonds is 3. The smallest absolute Gasteiger partial charge is 0.292 e. The summed E-state index contributed by atoms with van der Waals surface area (Å²) in [5, 5.41) is 13.4. The first-order valence-electron chi connectivity index (χ1n) is 5.94. The summed E-state index contributed by atoms with van der Waals surface area (Å²) in [6.45, 7) is 7.30. The van der Waals surface area contributed by atoms with Crippen LogP contribution in [-0.2, 0) is 4.79 Å². The van der Waals surface area contributed by atoms with Gasteiger partial charge in [-0.15, -0.1) is 0 Å². The molecule has 1 amide bonds. The molecule has 0 aliphatic heterocycles. The molecule has 0 aromatic heterocycles. The molecule has 0 fully saturated rings. The van der Waals surface area contributed by atoms with Crippen molar-refractivity contribution in [1.82, 2.24) is 0 Å². The predicted molar refractivity (Wildman–Crippen MR) is 73.9 cm³/mol. The van der Waals surface area contributed by atoms with Crippen LogP contribution in [0.15, 0.2) is 18.2 Å². The van der Waals surface area contributed by atoms with Crippen LogP contribution in [0.5, 0.6) is 0 Å². The highest BCUT2D eigenvalue weighted by atomic mass is 16.6. The van der Waals surface area contributed by atoms with Gasteiger partial charge in [0.1, 0.15) is 5.69 Å². The summed E-state index contributed by atoms with van der Waals surface area (Å²) in [6, 6.07) is 3.81. The molecule has 0 spiro atoms. The molecule has 0 saturated heterocycles. The number of aryl methyl sites for hydroxylation is 1. The quantitative estimate of drug-likeness (QED) is 0.646. The monoisotopic (exact) mass is 265 g/mol. The van der Waals surface area contributed by atoms with Crippen molar-refractivity contribution >= 4 is 17.3 Å². The zero-order valence-electron chi connectivity index (χ0n) is 11.6. The Morgan fingerprint density at radius 2 is 2.00 bits per heavy atom. The second kappa shape index (κ2) is 5.36. The van der Waals surface area contributed by atoms with Crippen LogP contribution in [0, 0.1) is 22.5 Å². The van der Waals surface area contributed by atoms with Gasteiger partial charge in [-0.1, -0.05) is 26.8 Å². The molecule has 0 heterocycles. The van der Waals surface area contributed by atoms with Crippen molar-refractivity contribution in [2.24, 2.45) is 11.1 Å². The maximum Gasteiger partial charge on any atom is 0.292 e. The number of anilines is 1. The van der Waals surface area contributed by atoms with Crippen molar-refractivity contribution in [1.29, 1.82) is 0 Å². The molecule has 0 aliphatic carbocycles. The fraction of sp³-hybridized carbons (Fsp3) is 0.462. The topological polar surface area (TPSA) is 98.3 Å². The lowest BCUT2D eigenvalue weighted by molar-refractivity contribution is -0.383. The molecule has 1 aromatic carbocycles. The van der Waals surface area contributed by atoms with Gasteiger partial charge in [0.15, 0.2) is 0 Å². The second-order valence-corrected chi connectivity index (χ2v) is 5.61. The Morgan fingerprint density at radius 3 is 2.47 bits per heavy atom. The maximum absolute atomic E-state index is 12.0. The summed E-state index contributed by atoms with van der Waals surface area (Å²) in [4.78, 5) is 22.4. The van der Waals surface area contributed by atoms with Gasteiger partial charge in [-0.05, 0) is 24.0 Å². The van der Waals surface area contributed by atoms with Gasteiger partial charge in [-0.2, -0.15) is 0 Å². The van der Waals surface area contributed by atoms with E-state index in [0.717, 1.165) is 5.56 Å². The van der Waals surface area contributed by atoms with Crippen molar-refractivity contribution < 1.29 is 9.72 Å². The van der Waals surface area contributed by atoms with Crippen molar-refractivity contribution in [3.8, 4) is 0 Å². The molecule has 0 unspecified atom stereocenters. The standard InChI is InChI=1S/C13H19N3O3/c1-8-5-6-10(16(18)19)9(7-8)15-12(17)11(14)13(2,3)4/h5-7,11H,14H2,1-4H3,(H,15,17)/t11-/m0/s1. The van der Waals surface area contributed by atoms with E-state index in [1.807, 2.05) is 20.8 Å². The lowest BCUT2D eigenvalue weighted by Crippen LogP contribution is -2.45. The maximum atomic E-state index is 12.0. The van der Waals surface area contributed by atoms with E-state index in [1.165, 1.54) is 6.07 Å². The van der Waals surface area contributed by atoms with E-state index >= 15 is 0 Å². The van der Waals surface area contributed by atoms with Crippen LogP contribution in [0.4, 0.5) is 11.4 Å². The van der Waals surface area contributed by atoms with Crippen LogP contribution in [0.1, 0.15) is 26.3 Å². The average molecular weight is 265 g/mol. The largest absolute Gasteiger partial charge is 0.319 e. The Hall–Kier alpha value is -1.95. The summed E-state index contributed by atoms with van der Waals surface area (Å²) in [6.07, 6.45) is 0. The minimum atomic E-state index is -0.743. The highest BCUT2D eigenvalue weighted by Gasteiger charge is 2.28. The summed E-state index contributed by atoms with van der Waals surface area (Å²) in [5.74, 6) is -0.429. The summed E-state index contributed by atoms with van der Waals surface area (Å²) in [5.41, 5.74) is 6.27. The molecule has 6 nitrogen and oxygen atoms in total. The molecule has 0 radical (unpaired) electrons. The molecular weight excluding hydrogens is 246 g/mol. The minimum Gasteiger partial charge on any atom is -0.319 e. The SMILES string of the molecule is Cc1ccc([N+](=O)[O-])c(NC(=O)[C@H](N)C(C)(C)C)c1. The molecule has 104 valence electrons. The van der Waals surface area contributed by atoms with Gasteiger partial charge in [0.05, 0.1) is 11.0 Å². The third kappa shape index (κ3) is 3.75. The predicted octanol–water partition coefficient (Wildman–Crippen LogP) is 2.22. The Morgan fingerprint density at radius 1 is 1.42 bits per heavy atom. The molecule has 0 aliphatic rings. The highest BCUT2D eigenvalue weighted by molar-refractivity contribution is 5.97. The van der Waals surface area contributed by atoms with Crippen molar-refractivity contribution in [3.63, 3.8) is 0 Å². The number of nitro groups is 1. The highest BCUT2D eigenvalue weighted by Crippen LogP contribution is 2.26. The summed E-state index contributed by atoms with van der Waals surface area (Å²) >= 11 is 0. The van der Waals surface area contributed by atoms with Gasteiger partial charge >= 0.3 is 0 Å². The molecule has 19 heavy (non-hydrogen) atoms. The van der Waals surface area contributed by atoms with Gasteiger partial charge < -0.3 is 11.1 Å². The number of carbonyl (C=O) groups is 1. The number of hydrogen-bond donors (Lipinski definition) is 2. The Kier molecular flexibility index (Phi) is 4.26. The van der Waals surface area contributed by atoms with Gasteiger partial charge in [0.25, 0.3) is 5.69 Å². The normalized spacial score (nSPS) is 12.9. The van der Waals surface area contributed by atoms with Crippen LogP contribution in [-0.4, -0.2) is 16.9 Å². The second-order valence-electron chi connectivity index (χ2n) is 5.61. The van der Waals surface area contributed by atoms with E-state index in [2.05, 4.69) is 5.32 Å². The van der Waals surface area contributed by atoms with E-state index in [-0.39, 0.29) is 11.4 Å². The third-order valence-electron chi connectivity index (χ3n) is 2.82. The molecule has 1 aromatic rings.